The molecular formula is C20H16F2N4O3. The lowest BCUT2D eigenvalue weighted by Crippen LogP contribution is -2.28. The minimum atomic E-state index is -0.785. The van der Waals surface area contributed by atoms with Crippen molar-refractivity contribution >= 4 is 17.5 Å². The fourth-order valence-electron chi connectivity index (χ4n) is 2.97. The molecule has 0 spiro atoms. The van der Waals surface area contributed by atoms with E-state index in [4.69, 9.17) is 4.74 Å². The van der Waals surface area contributed by atoms with Crippen LogP contribution in [0.25, 0.3) is 5.69 Å². The summed E-state index contributed by atoms with van der Waals surface area (Å²) in [6.07, 6.45) is 1.42. The number of aromatic nitrogens is 2. The Kier molecular flexibility index (Phi) is 4.71. The molecule has 2 amide bonds. The fourth-order valence-corrected chi connectivity index (χ4v) is 2.97. The van der Waals surface area contributed by atoms with Crippen LogP contribution in [0.4, 0.5) is 14.5 Å². The number of ether oxygens (including phenoxy) is 1. The van der Waals surface area contributed by atoms with Crippen molar-refractivity contribution in [3.05, 3.63) is 71.6 Å². The minimum Gasteiger partial charge on any atom is -0.482 e. The van der Waals surface area contributed by atoms with Crippen molar-refractivity contribution in [2.75, 3.05) is 11.9 Å². The van der Waals surface area contributed by atoms with Crippen LogP contribution >= 0.6 is 0 Å². The van der Waals surface area contributed by atoms with E-state index in [0.29, 0.717) is 11.4 Å². The van der Waals surface area contributed by atoms with Crippen molar-refractivity contribution in [2.45, 2.75) is 13.0 Å². The third-order valence-corrected chi connectivity index (χ3v) is 4.46. The summed E-state index contributed by atoms with van der Waals surface area (Å²) < 4.78 is 33.4. The number of hydrogen-bond donors (Lipinski definition) is 2. The molecule has 3 aromatic rings. The lowest BCUT2D eigenvalue weighted by Gasteiger charge is -2.20. The second-order valence-corrected chi connectivity index (χ2v) is 6.53. The first-order chi connectivity index (χ1) is 13.9. The Balaban J connectivity index is 1.49. The molecule has 0 saturated carbocycles. The van der Waals surface area contributed by atoms with Gasteiger partial charge >= 0.3 is 0 Å². The lowest BCUT2D eigenvalue weighted by atomic mass is 10.1. The number of benzene rings is 2. The zero-order valence-electron chi connectivity index (χ0n) is 15.3. The van der Waals surface area contributed by atoms with Crippen LogP contribution in [-0.2, 0) is 4.79 Å². The van der Waals surface area contributed by atoms with Crippen molar-refractivity contribution in [3.63, 3.8) is 0 Å². The molecule has 2 N–H and O–H groups in total. The van der Waals surface area contributed by atoms with Crippen LogP contribution in [0, 0.1) is 11.6 Å². The van der Waals surface area contributed by atoms with Crippen molar-refractivity contribution in [3.8, 4) is 11.4 Å². The molecule has 7 nitrogen and oxygen atoms in total. The number of amides is 2. The van der Waals surface area contributed by atoms with Crippen LogP contribution in [-0.4, -0.2) is 28.2 Å². The SMILES string of the molecule is CC(NC(=O)c1ccn(-c2ccc(F)cc2F)n1)c1ccc2c(c1)NC(=O)CO2. The van der Waals surface area contributed by atoms with Crippen molar-refractivity contribution in [1.29, 1.82) is 0 Å². The van der Waals surface area contributed by atoms with Crippen molar-refractivity contribution in [1.82, 2.24) is 15.1 Å². The standard InChI is InChI=1S/C20H16F2N4O3/c1-11(12-2-5-18-16(8-12)24-19(27)10-29-18)23-20(28)15-6-7-26(25-15)17-4-3-13(21)9-14(17)22/h2-9,11H,10H2,1H3,(H,23,28)(H,24,27). The van der Waals surface area contributed by atoms with Crippen LogP contribution in [0.2, 0.25) is 0 Å². The molecule has 148 valence electrons. The molecule has 1 aromatic heterocycles. The molecular weight excluding hydrogens is 382 g/mol. The molecule has 1 unspecified atom stereocenters. The van der Waals surface area contributed by atoms with Crippen LogP contribution in [0.1, 0.15) is 29.0 Å². The highest BCUT2D eigenvalue weighted by molar-refractivity contribution is 5.95. The Morgan fingerprint density at radius 2 is 2.07 bits per heavy atom. The number of anilines is 1. The van der Waals surface area contributed by atoms with Crippen molar-refractivity contribution < 1.29 is 23.1 Å². The van der Waals surface area contributed by atoms with Gasteiger partial charge in [0.2, 0.25) is 0 Å². The number of nitrogens with one attached hydrogen (secondary N) is 2. The van der Waals surface area contributed by atoms with E-state index < -0.39 is 17.5 Å². The highest BCUT2D eigenvalue weighted by Gasteiger charge is 2.19. The van der Waals surface area contributed by atoms with E-state index in [9.17, 15) is 18.4 Å². The molecule has 2 aromatic carbocycles. The molecule has 1 aliphatic heterocycles. The van der Waals surface area contributed by atoms with E-state index in [1.165, 1.54) is 23.0 Å². The van der Waals surface area contributed by atoms with Gasteiger partial charge < -0.3 is 15.4 Å². The third kappa shape index (κ3) is 3.79. The summed E-state index contributed by atoms with van der Waals surface area (Å²) in [5.41, 5.74) is 1.40. The number of hydrogen-bond acceptors (Lipinski definition) is 4. The average molecular weight is 398 g/mol. The zero-order valence-corrected chi connectivity index (χ0v) is 15.3. The van der Waals surface area contributed by atoms with E-state index in [0.717, 1.165) is 17.7 Å². The largest absolute Gasteiger partial charge is 0.482 e. The number of rotatable bonds is 4. The summed E-state index contributed by atoms with van der Waals surface area (Å²) in [6.45, 7) is 1.75. The van der Waals surface area contributed by atoms with Crippen LogP contribution < -0.4 is 15.4 Å². The zero-order chi connectivity index (χ0) is 20.5. The molecule has 1 atom stereocenters. The Morgan fingerprint density at radius 3 is 2.86 bits per heavy atom. The maximum atomic E-state index is 13.9. The number of nitrogens with zero attached hydrogens (tertiary/aromatic N) is 2. The summed E-state index contributed by atoms with van der Waals surface area (Å²) in [4.78, 5) is 24.0. The Morgan fingerprint density at radius 1 is 1.24 bits per heavy atom. The highest BCUT2D eigenvalue weighted by atomic mass is 19.1. The molecule has 0 radical (unpaired) electrons. The molecule has 0 bridgehead atoms. The summed E-state index contributed by atoms with van der Waals surface area (Å²) in [7, 11) is 0. The molecule has 1 aliphatic rings. The van der Waals surface area contributed by atoms with Gasteiger partial charge in [0.15, 0.2) is 18.1 Å². The first-order valence-electron chi connectivity index (χ1n) is 8.79. The Labute approximate surface area is 164 Å². The van der Waals surface area contributed by atoms with Gasteiger partial charge in [-0.05, 0) is 42.8 Å². The van der Waals surface area contributed by atoms with E-state index in [2.05, 4.69) is 15.7 Å². The molecule has 4 rings (SSSR count). The molecule has 29 heavy (non-hydrogen) atoms. The summed E-state index contributed by atoms with van der Waals surface area (Å²) >= 11 is 0. The van der Waals surface area contributed by atoms with Crippen LogP contribution in [0.5, 0.6) is 5.75 Å². The lowest BCUT2D eigenvalue weighted by molar-refractivity contribution is -0.118. The van der Waals surface area contributed by atoms with Gasteiger partial charge in [-0.1, -0.05) is 6.07 Å². The molecule has 2 heterocycles. The quantitative estimate of drug-likeness (QED) is 0.708. The summed E-state index contributed by atoms with van der Waals surface area (Å²) in [6, 6.07) is 9.38. The van der Waals surface area contributed by atoms with E-state index in [1.54, 1.807) is 25.1 Å². The normalized spacial score (nSPS) is 13.8. The highest BCUT2D eigenvalue weighted by Crippen LogP contribution is 2.30. The second kappa shape index (κ2) is 7.34. The molecule has 9 heteroatoms. The predicted molar refractivity (Wildman–Crippen MR) is 99.9 cm³/mol. The second-order valence-electron chi connectivity index (χ2n) is 6.53. The number of halogens is 2. The van der Waals surface area contributed by atoms with Crippen LogP contribution in [0.3, 0.4) is 0 Å². The van der Waals surface area contributed by atoms with Gasteiger partial charge in [0, 0.05) is 12.3 Å². The maximum Gasteiger partial charge on any atom is 0.272 e. The molecule has 0 fully saturated rings. The smallest absolute Gasteiger partial charge is 0.272 e. The van der Waals surface area contributed by atoms with Gasteiger partial charge in [-0.2, -0.15) is 5.10 Å². The van der Waals surface area contributed by atoms with Gasteiger partial charge in [-0.3, -0.25) is 9.59 Å². The van der Waals surface area contributed by atoms with Gasteiger partial charge in [0.25, 0.3) is 11.8 Å². The molecule has 0 saturated heterocycles. The van der Waals surface area contributed by atoms with E-state index in [1.807, 2.05) is 0 Å². The number of carbonyl (C=O) groups excluding carboxylic acids is 2. The number of fused-ring (bicyclic) bond motifs is 1. The summed E-state index contributed by atoms with van der Waals surface area (Å²) in [5, 5.41) is 9.58. The van der Waals surface area contributed by atoms with Gasteiger partial charge in [0.1, 0.15) is 17.3 Å². The molecule has 0 aliphatic carbocycles. The summed E-state index contributed by atoms with van der Waals surface area (Å²) in [5.74, 6) is -1.63. The predicted octanol–water partition coefficient (Wildman–Crippen LogP) is 2.97. The van der Waals surface area contributed by atoms with Crippen LogP contribution in [0.15, 0.2) is 48.7 Å². The van der Waals surface area contributed by atoms with Crippen molar-refractivity contribution in [2.24, 2.45) is 0 Å². The number of carbonyl (C=O) groups is 2. The van der Waals surface area contributed by atoms with Gasteiger partial charge in [-0.25, -0.2) is 13.5 Å². The Bertz CT molecular complexity index is 1110. The first-order valence-corrected chi connectivity index (χ1v) is 8.79. The fraction of sp³-hybridized carbons (Fsp3) is 0.150. The van der Waals surface area contributed by atoms with Gasteiger partial charge in [-0.15, -0.1) is 0 Å². The van der Waals surface area contributed by atoms with Gasteiger partial charge in [0.05, 0.1) is 11.7 Å². The average Bonchev–Trinajstić information content (AvgIpc) is 3.17. The third-order valence-electron chi connectivity index (χ3n) is 4.46. The van der Waals surface area contributed by atoms with E-state index >= 15 is 0 Å². The van der Waals surface area contributed by atoms with E-state index in [-0.39, 0.29) is 29.9 Å². The minimum absolute atomic E-state index is 0.0314. The monoisotopic (exact) mass is 398 g/mol. The topological polar surface area (TPSA) is 85.3 Å². The maximum absolute atomic E-state index is 13.9. The first kappa shape index (κ1) is 18.6. The Hall–Kier alpha value is -3.75.